The molecule has 0 radical (unpaired) electrons. The van der Waals surface area contributed by atoms with E-state index in [1.807, 2.05) is 0 Å². The molecule has 2 unspecified atom stereocenters. The molecule has 0 aliphatic carbocycles. The molecule has 0 aliphatic rings. The van der Waals surface area contributed by atoms with Gasteiger partial charge in [-0.2, -0.15) is 12.6 Å². The number of benzene rings is 1. The van der Waals surface area contributed by atoms with Gasteiger partial charge in [0, 0.05) is 5.56 Å². The van der Waals surface area contributed by atoms with Gasteiger partial charge in [0.1, 0.15) is 6.10 Å². The van der Waals surface area contributed by atoms with Crippen LogP contribution in [0.3, 0.4) is 0 Å². The van der Waals surface area contributed by atoms with Crippen LogP contribution >= 0.6 is 24.2 Å². The SMILES string of the molecule is O=Cc1ccc(C(O)C(O)CCS)cc1Cl. The zero-order valence-corrected chi connectivity index (χ0v) is 10.2. The molecule has 88 valence electrons. The topological polar surface area (TPSA) is 57.5 Å². The number of hydrogen-bond acceptors (Lipinski definition) is 4. The molecule has 2 N–H and O–H groups in total. The van der Waals surface area contributed by atoms with Crippen molar-refractivity contribution >= 4 is 30.5 Å². The molecule has 3 nitrogen and oxygen atoms in total. The Morgan fingerprint density at radius 1 is 1.44 bits per heavy atom. The summed E-state index contributed by atoms with van der Waals surface area (Å²) >= 11 is 9.79. The van der Waals surface area contributed by atoms with Crippen LogP contribution in [0.1, 0.15) is 28.4 Å². The van der Waals surface area contributed by atoms with E-state index in [4.69, 9.17) is 11.6 Å². The second-order valence-corrected chi connectivity index (χ2v) is 4.28. The molecule has 0 heterocycles. The lowest BCUT2D eigenvalue weighted by molar-refractivity contribution is 0.0172. The summed E-state index contributed by atoms with van der Waals surface area (Å²) in [5.41, 5.74) is 0.853. The number of thiol groups is 1. The molecule has 1 aromatic rings. The van der Waals surface area contributed by atoms with Gasteiger partial charge in [-0.05, 0) is 29.9 Å². The van der Waals surface area contributed by atoms with Crippen molar-refractivity contribution in [3.05, 3.63) is 34.3 Å². The van der Waals surface area contributed by atoms with Gasteiger partial charge in [-0.1, -0.05) is 17.7 Å². The van der Waals surface area contributed by atoms with Crippen LogP contribution in [0.4, 0.5) is 0 Å². The first-order valence-corrected chi connectivity index (χ1v) is 5.82. The van der Waals surface area contributed by atoms with Gasteiger partial charge in [-0.15, -0.1) is 0 Å². The van der Waals surface area contributed by atoms with E-state index in [0.717, 1.165) is 0 Å². The van der Waals surface area contributed by atoms with Crippen molar-refractivity contribution < 1.29 is 15.0 Å². The van der Waals surface area contributed by atoms with Crippen LogP contribution in [-0.4, -0.2) is 28.4 Å². The Balaban J connectivity index is 2.88. The van der Waals surface area contributed by atoms with E-state index in [9.17, 15) is 15.0 Å². The second-order valence-electron chi connectivity index (χ2n) is 3.42. The van der Waals surface area contributed by atoms with Gasteiger partial charge < -0.3 is 10.2 Å². The van der Waals surface area contributed by atoms with Crippen LogP contribution in [0.2, 0.25) is 5.02 Å². The molecule has 5 heteroatoms. The fourth-order valence-corrected chi connectivity index (χ4v) is 1.83. The Bertz CT molecular complexity index is 370. The van der Waals surface area contributed by atoms with Crippen molar-refractivity contribution in [3.63, 3.8) is 0 Å². The lowest BCUT2D eigenvalue weighted by Crippen LogP contribution is -2.18. The zero-order chi connectivity index (χ0) is 12.1. The largest absolute Gasteiger partial charge is 0.390 e. The van der Waals surface area contributed by atoms with Crippen LogP contribution in [0.25, 0.3) is 0 Å². The van der Waals surface area contributed by atoms with Crippen LogP contribution < -0.4 is 0 Å². The van der Waals surface area contributed by atoms with Gasteiger partial charge in [-0.25, -0.2) is 0 Å². The van der Waals surface area contributed by atoms with Crippen molar-refractivity contribution in [1.82, 2.24) is 0 Å². The number of carbonyl (C=O) groups is 1. The molecule has 0 aliphatic heterocycles. The zero-order valence-electron chi connectivity index (χ0n) is 8.51. The van der Waals surface area contributed by atoms with E-state index in [0.29, 0.717) is 29.6 Å². The van der Waals surface area contributed by atoms with Crippen molar-refractivity contribution in [3.8, 4) is 0 Å². The maximum Gasteiger partial charge on any atom is 0.151 e. The number of carbonyl (C=O) groups excluding carboxylic acids is 1. The third-order valence-corrected chi connectivity index (χ3v) is 2.87. The van der Waals surface area contributed by atoms with E-state index < -0.39 is 12.2 Å². The van der Waals surface area contributed by atoms with Crippen LogP contribution in [0.15, 0.2) is 18.2 Å². The molecule has 0 saturated heterocycles. The van der Waals surface area contributed by atoms with Gasteiger partial charge in [-0.3, -0.25) is 4.79 Å². The van der Waals surface area contributed by atoms with Gasteiger partial charge >= 0.3 is 0 Å². The molecular weight excluding hydrogens is 248 g/mol. The summed E-state index contributed by atoms with van der Waals surface area (Å²) in [5, 5.41) is 19.6. The highest BCUT2D eigenvalue weighted by Gasteiger charge is 2.18. The maximum absolute atomic E-state index is 10.5. The van der Waals surface area contributed by atoms with Gasteiger partial charge in [0.25, 0.3) is 0 Å². The van der Waals surface area contributed by atoms with E-state index in [1.165, 1.54) is 12.1 Å². The Labute approximate surface area is 104 Å². The quantitative estimate of drug-likeness (QED) is 0.560. The molecule has 1 aromatic carbocycles. The third-order valence-electron chi connectivity index (χ3n) is 2.28. The van der Waals surface area contributed by atoms with Gasteiger partial charge in [0.15, 0.2) is 6.29 Å². The number of aliphatic hydroxyl groups excluding tert-OH is 2. The van der Waals surface area contributed by atoms with Gasteiger partial charge in [0.2, 0.25) is 0 Å². The molecule has 0 fully saturated rings. The van der Waals surface area contributed by atoms with Gasteiger partial charge in [0.05, 0.1) is 11.1 Å². The van der Waals surface area contributed by atoms with Crippen molar-refractivity contribution in [2.75, 3.05) is 5.75 Å². The van der Waals surface area contributed by atoms with Crippen LogP contribution in [-0.2, 0) is 0 Å². The minimum absolute atomic E-state index is 0.268. The molecule has 16 heavy (non-hydrogen) atoms. The standard InChI is InChI=1S/C11H13ClO3S/c12-9-5-7(1-2-8(9)6-13)11(15)10(14)3-4-16/h1-2,5-6,10-11,14-16H,3-4H2. The average molecular weight is 261 g/mol. The summed E-state index contributed by atoms with van der Waals surface area (Å²) in [6.07, 6.45) is -0.860. The number of aliphatic hydroxyl groups is 2. The first-order valence-electron chi connectivity index (χ1n) is 4.81. The molecule has 0 bridgehead atoms. The Morgan fingerprint density at radius 3 is 2.62 bits per heavy atom. The summed E-state index contributed by atoms with van der Waals surface area (Å²) in [4.78, 5) is 10.5. The molecule has 0 amide bonds. The minimum atomic E-state index is -1.01. The van der Waals surface area contributed by atoms with Crippen molar-refractivity contribution in [2.45, 2.75) is 18.6 Å². The first-order chi connectivity index (χ1) is 7.60. The molecule has 0 saturated carbocycles. The fourth-order valence-electron chi connectivity index (χ4n) is 1.34. The Morgan fingerprint density at radius 2 is 2.12 bits per heavy atom. The molecule has 0 aromatic heterocycles. The first kappa shape index (κ1) is 13.5. The lowest BCUT2D eigenvalue weighted by Gasteiger charge is -2.17. The summed E-state index contributed by atoms with van der Waals surface area (Å²) < 4.78 is 0. The number of halogens is 1. The Kier molecular flexibility index (Phi) is 5.28. The number of hydrogen-bond donors (Lipinski definition) is 3. The smallest absolute Gasteiger partial charge is 0.151 e. The molecule has 2 atom stereocenters. The monoisotopic (exact) mass is 260 g/mol. The third kappa shape index (κ3) is 3.22. The molecular formula is C11H13ClO3S. The summed E-state index contributed by atoms with van der Waals surface area (Å²) in [6.45, 7) is 0. The average Bonchev–Trinajstić information content (AvgIpc) is 2.28. The van der Waals surface area contributed by atoms with E-state index in [1.54, 1.807) is 6.07 Å². The molecule has 0 spiro atoms. The number of aldehydes is 1. The highest BCUT2D eigenvalue weighted by molar-refractivity contribution is 7.80. The summed E-state index contributed by atoms with van der Waals surface area (Å²) in [5.74, 6) is 0.485. The van der Waals surface area contributed by atoms with Crippen LogP contribution in [0.5, 0.6) is 0 Å². The highest BCUT2D eigenvalue weighted by atomic mass is 35.5. The maximum atomic E-state index is 10.5. The van der Waals surface area contributed by atoms with E-state index in [2.05, 4.69) is 12.6 Å². The normalized spacial score (nSPS) is 14.5. The van der Waals surface area contributed by atoms with Crippen molar-refractivity contribution in [2.24, 2.45) is 0 Å². The minimum Gasteiger partial charge on any atom is -0.390 e. The lowest BCUT2D eigenvalue weighted by atomic mass is 10.0. The molecule has 1 rings (SSSR count). The highest BCUT2D eigenvalue weighted by Crippen LogP contribution is 2.24. The predicted molar refractivity (Wildman–Crippen MR) is 66.3 cm³/mol. The number of rotatable bonds is 5. The van der Waals surface area contributed by atoms with Crippen LogP contribution in [0, 0.1) is 0 Å². The summed E-state index contributed by atoms with van der Waals surface area (Å²) in [7, 11) is 0. The summed E-state index contributed by atoms with van der Waals surface area (Å²) in [6, 6.07) is 4.57. The second kappa shape index (κ2) is 6.25. The van der Waals surface area contributed by atoms with E-state index in [-0.39, 0.29) is 5.02 Å². The predicted octanol–water partition coefficient (Wildman–Crippen LogP) is 1.87. The fraction of sp³-hybridized carbons (Fsp3) is 0.364. The van der Waals surface area contributed by atoms with Crippen molar-refractivity contribution in [1.29, 1.82) is 0 Å². The van der Waals surface area contributed by atoms with E-state index >= 15 is 0 Å². The Hall–Kier alpha value is -0.550.